The smallest absolute Gasteiger partial charge is 0.305 e. The highest BCUT2D eigenvalue weighted by Crippen LogP contribution is 2.37. The van der Waals surface area contributed by atoms with Gasteiger partial charge in [-0.15, -0.1) is 0 Å². The van der Waals surface area contributed by atoms with E-state index in [0.717, 1.165) is 11.8 Å². The molecular weight excluding hydrogens is 534 g/mol. The van der Waals surface area contributed by atoms with E-state index in [9.17, 15) is 28.8 Å². The Bertz CT molecular complexity index is 882. The molecule has 1 fully saturated rings. The fraction of sp³-hybridized carbons (Fsp3) is 0.760. The summed E-state index contributed by atoms with van der Waals surface area (Å²) in [6.45, 7) is 5.97. The lowest BCUT2D eigenvalue weighted by atomic mass is 9.85. The van der Waals surface area contributed by atoms with E-state index in [1.807, 2.05) is 13.8 Å². The molecule has 1 unspecified atom stereocenters. The number of carbonyl (C=O) groups excluding carboxylic acids is 6. The summed E-state index contributed by atoms with van der Waals surface area (Å²) < 4.78 is 21.7. The van der Waals surface area contributed by atoms with Crippen molar-refractivity contribution in [2.45, 2.75) is 71.4 Å². The molecule has 1 heterocycles. The number of thioether (sulfide) groups is 1. The Morgan fingerprint density at radius 3 is 2.31 bits per heavy atom. The summed E-state index contributed by atoms with van der Waals surface area (Å²) >= 11 is 0.923. The predicted molar refractivity (Wildman–Crippen MR) is 141 cm³/mol. The number of hydrogen-bond donors (Lipinski definition) is 3. The van der Waals surface area contributed by atoms with Crippen LogP contribution in [-0.2, 0) is 47.7 Å². The summed E-state index contributed by atoms with van der Waals surface area (Å²) in [7, 11) is 2.65. The fourth-order valence-electron chi connectivity index (χ4n) is 3.54. The number of ether oxygens (including phenoxy) is 4. The van der Waals surface area contributed by atoms with Crippen molar-refractivity contribution in [2.75, 3.05) is 46.2 Å². The number of rotatable bonds is 17. The van der Waals surface area contributed by atoms with E-state index in [2.05, 4.69) is 20.7 Å². The largest absolute Gasteiger partial charge is 0.469 e. The van der Waals surface area contributed by atoms with E-state index >= 15 is 0 Å². The molecule has 0 aliphatic carbocycles. The molecule has 0 aromatic rings. The zero-order valence-electron chi connectivity index (χ0n) is 23.3. The third kappa shape index (κ3) is 13.4. The maximum atomic E-state index is 12.9. The minimum atomic E-state index is -1.42. The van der Waals surface area contributed by atoms with E-state index in [0.29, 0.717) is 19.4 Å². The second-order valence-corrected chi connectivity index (χ2v) is 10.8. The number of methoxy groups -OCH3 is 2. The summed E-state index contributed by atoms with van der Waals surface area (Å²) in [6.07, 6.45) is -0.467. The van der Waals surface area contributed by atoms with E-state index in [1.54, 1.807) is 0 Å². The van der Waals surface area contributed by atoms with Gasteiger partial charge in [-0.05, 0) is 6.42 Å². The van der Waals surface area contributed by atoms with Crippen molar-refractivity contribution in [1.29, 1.82) is 0 Å². The first-order valence-electron chi connectivity index (χ1n) is 12.7. The fourth-order valence-corrected chi connectivity index (χ4v) is 4.24. The van der Waals surface area contributed by atoms with Gasteiger partial charge in [0, 0.05) is 64.1 Å². The summed E-state index contributed by atoms with van der Waals surface area (Å²) in [4.78, 5) is 70.7. The van der Waals surface area contributed by atoms with Crippen LogP contribution >= 0.6 is 11.8 Å². The summed E-state index contributed by atoms with van der Waals surface area (Å²) in [5.41, 5.74) is -0.656. The van der Waals surface area contributed by atoms with Crippen LogP contribution in [0.3, 0.4) is 0 Å². The SMILES string of the molecule is COC(=O)CCC(=O)CC(=O)SCCNC(=O)CCNC(=O)[C@@H]1OC(CCCNC(C)=O)(OC)OCC1(C)C. The van der Waals surface area contributed by atoms with E-state index in [-0.39, 0.29) is 73.8 Å². The normalized spacial score (nSPS) is 20.0. The molecule has 3 amide bonds. The Kier molecular flexibility index (Phi) is 15.2. The number of Topliss-reactive ketones (excluding diaryl/α,β-unsaturated/α-hetero) is 1. The number of hydrogen-bond acceptors (Lipinski definition) is 11. The van der Waals surface area contributed by atoms with E-state index < -0.39 is 29.4 Å². The minimum absolute atomic E-state index is 0.0200. The van der Waals surface area contributed by atoms with Gasteiger partial charge in [0.25, 0.3) is 5.97 Å². The highest BCUT2D eigenvalue weighted by molar-refractivity contribution is 8.13. The van der Waals surface area contributed by atoms with Gasteiger partial charge in [-0.1, -0.05) is 25.6 Å². The molecule has 1 saturated heterocycles. The zero-order chi connectivity index (χ0) is 29.5. The Hall–Kier alpha value is -2.55. The number of ketones is 1. The molecule has 222 valence electrons. The molecule has 1 rings (SSSR count). The van der Waals surface area contributed by atoms with Crippen LogP contribution < -0.4 is 16.0 Å². The Morgan fingerprint density at radius 1 is 0.949 bits per heavy atom. The van der Waals surface area contributed by atoms with Crippen LogP contribution in [-0.4, -0.2) is 92.9 Å². The van der Waals surface area contributed by atoms with Crippen molar-refractivity contribution in [1.82, 2.24) is 16.0 Å². The maximum absolute atomic E-state index is 12.9. The molecule has 0 bridgehead atoms. The summed E-state index contributed by atoms with van der Waals surface area (Å²) in [5.74, 6) is -2.86. The quantitative estimate of drug-likeness (QED) is 0.125. The van der Waals surface area contributed by atoms with Crippen LogP contribution in [0.2, 0.25) is 0 Å². The standard InChI is InChI=1S/C25H41N3O10S/c1-17(29)26-11-6-10-25(36-5)37-16-24(2,3)22(38-25)23(34)28-12-9-19(31)27-13-14-39-21(33)15-18(30)7-8-20(32)35-4/h22H,6-16H2,1-5H3,(H,26,29)(H,27,31)(H,28,34)/t22-,25?/m0/s1. The monoisotopic (exact) mass is 575 g/mol. The summed E-state index contributed by atoms with van der Waals surface area (Å²) in [6, 6.07) is 0. The van der Waals surface area contributed by atoms with Gasteiger partial charge in [0.05, 0.1) is 26.6 Å². The lowest BCUT2D eigenvalue weighted by Crippen LogP contribution is -2.59. The summed E-state index contributed by atoms with van der Waals surface area (Å²) in [5, 5.41) is 7.72. The van der Waals surface area contributed by atoms with Gasteiger partial charge >= 0.3 is 5.97 Å². The van der Waals surface area contributed by atoms with Crippen LogP contribution in [0.1, 0.15) is 59.3 Å². The second-order valence-electron chi connectivity index (χ2n) is 9.65. The lowest BCUT2D eigenvalue weighted by Gasteiger charge is -2.46. The van der Waals surface area contributed by atoms with E-state index in [4.69, 9.17) is 14.2 Å². The minimum Gasteiger partial charge on any atom is -0.469 e. The van der Waals surface area contributed by atoms with Crippen LogP contribution in [0.15, 0.2) is 0 Å². The van der Waals surface area contributed by atoms with Gasteiger partial charge in [-0.2, -0.15) is 0 Å². The average Bonchev–Trinajstić information content (AvgIpc) is 2.88. The van der Waals surface area contributed by atoms with Gasteiger partial charge in [0.1, 0.15) is 11.9 Å². The Labute approximate surface area is 233 Å². The van der Waals surface area contributed by atoms with Crippen molar-refractivity contribution in [3.63, 3.8) is 0 Å². The number of esters is 1. The van der Waals surface area contributed by atoms with Gasteiger partial charge in [0.15, 0.2) is 5.12 Å². The first-order valence-corrected chi connectivity index (χ1v) is 13.7. The Balaban J connectivity index is 2.37. The van der Waals surface area contributed by atoms with Gasteiger partial charge in [-0.25, -0.2) is 0 Å². The van der Waals surface area contributed by atoms with Crippen LogP contribution in [0.25, 0.3) is 0 Å². The molecule has 13 nitrogen and oxygen atoms in total. The zero-order valence-corrected chi connectivity index (χ0v) is 24.2. The molecule has 2 atom stereocenters. The third-order valence-electron chi connectivity index (χ3n) is 5.77. The van der Waals surface area contributed by atoms with Crippen LogP contribution in [0.4, 0.5) is 0 Å². The molecule has 1 aliphatic rings. The number of carbonyl (C=O) groups is 6. The van der Waals surface area contributed by atoms with E-state index in [1.165, 1.54) is 21.1 Å². The lowest BCUT2D eigenvalue weighted by molar-refractivity contribution is -0.425. The molecule has 3 N–H and O–H groups in total. The highest BCUT2D eigenvalue weighted by atomic mass is 32.2. The van der Waals surface area contributed by atoms with Crippen molar-refractivity contribution < 1.29 is 47.7 Å². The topological polar surface area (TPSA) is 175 Å². The molecular formula is C25H41N3O10S. The first kappa shape index (κ1) is 34.5. The van der Waals surface area contributed by atoms with Gasteiger partial charge in [0.2, 0.25) is 17.7 Å². The molecule has 1 aliphatic heterocycles. The number of nitrogens with one attached hydrogen (secondary N) is 3. The van der Waals surface area contributed by atoms with Crippen molar-refractivity contribution in [3.8, 4) is 0 Å². The molecule has 0 aromatic heterocycles. The second kappa shape index (κ2) is 17.2. The number of amides is 3. The molecule has 0 radical (unpaired) electrons. The Morgan fingerprint density at radius 2 is 1.67 bits per heavy atom. The molecule has 0 saturated carbocycles. The predicted octanol–water partition coefficient (Wildman–Crippen LogP) is 0.439. The third-order valence-corrected chi connectivity index (χ3v) is 6.64. The van der Waals surface area contributed by atoms with Crippen LogP contribution in [0.5, 0.6) is 0 Å². The molecule has 0 aromatic carbocycles. The maximum Gasteiger partial charge on any atom is 0.305 e. The first-order chi connectivity index (χ1) is 18.3. The van der Waals surface area contributed by atoms with Gasteiger partial charge < -0.3 is 34.9 Å². The molecule has 0 spiro atoms. The van der Waals surface area contributed by atoms with Crippen molar-refractivity contribution >= 4 is 46.4 Å². The van der Waals surface area contributed by atoms with Crippen LogP contribution in [0, 0.1) is 5.41 Å². The van der Waals surface area contributed by atoms with Crippen molar-refractivity contribution in [3.05, 3.63) is 0 Å². The molecule has 39 heavy (non-hydrogen) atoms. The highest BCUT2D eigenvalue weighted by Gasteiger charge is 2.50. The van der Waals surface area contributed by atoms with Gasteiger partial charge in [-0.3, -0.25) is 28.8 Å². The average molecular weight is 576 g/mol. The van der Waals surface area contributed by atoms with Crippen molar-refractivity contribution in [2.24, 2.45) is 5.41 Å². The molecule has 14 heteroatoms.